The van der Waals surface area contributed by atoms with Crippen LogP contribution < -0.4 is 0 Å². The topological polar surface area (TPSA) is 55.1 Å². The van der Waals surface area contributed by atoms with Crippen molar-refractivity contribution < 1.29 is 23.1 Å². The number of hydrogen-bond donors (Lipinski definition) is 1. The molecule has 0 radical (unpaired) electrons. The third-order valence-corrected chi connectivity index (χ3v) is 4.62. The van der Waals surface area contributed by atoms with E-state index in [1.54, 1.807) is 11.8 Å². The highest BCUT2D eigenvalue weighted by atomic mass is 32.2. The molecule has 1 atom stereocenters. The van der Waals surface area contributed by atoms with Crippen LogP contribution in [0, 0.1) is 0 Å². The van der Waals surface area contributed by atoms with Gasteiger partial charge in [-0.2, -0.15) is 24.9 Å². The second-order valence-corrected chi connectivity index (χ2v) is 5.95. The van der Waals surface area contributed by atoms with E-state index in [9.17, 15) is 18.0 Å². The van der Waals surface area contributed by atoms with Crippen LogP contribution in [0.4, 0.5) is 13.2 Å². The monoisotopic (exact) mass is 316 g/mol. The number of halogens is 3. The summed E-state index contributed by atoms with van der Waals surface area (Å²) < 4.78 is 40.9. The van der Waals surface area contributed by atoms with Gasteiger partial charge in [0.1, 0.15) is 5.52 Å². The highest BCUT2D eigenvalue weighted by molar-refractivity contribution is 7.99. The van der Waals surface area contributed by atoms with E-state index >= 15 is 0 Å². The van der Waals surface area contributed by atoms with E-state index in [-0.39, 0.29) is 22.6 Å². The Labute approximate surface area is 122 Å². The molecule has 0 saturated carbocycles. The van der Waals surface area contributed by atoms with Crippen LogP contribution in [0.5, 0.6) is 0 Å². The Morgan fingerprint density at radius 3 is 2.76 bits per heavy atom. The minimum atomic E-state index is -4.61. The maximum atomic E-state index is 13.2. The summed E-state index contributed by atoms with van der Waals surface area (Å²) in [4.78, 5) is 14.8. The number of carboxylic acid groups (broad SMARTS) is 1. The van der Waals surface area contributed by atoms with Gasteiger partial charge in [0.15, 0.2) is 0 Å². The average molecular weight is 316 g/mol. The van der Waals surface area contributed by atoms with Gasteiger partial charge in [0, 0.05) is 11.8 Å². The molecule has 1 N–H and O–H groups in total. The summed E-state index contributed by atoms with van der Waals surface area (Å²) in [6, 6.07) is 3.91. The largest absolute Gasteiger partial charge is 0.478 e. The van der Waals surface area contributed by atoms with Crippen molar-refractivity contribution in [3.8, 4) is 0 Å². The molecule has 0 aliphatic carbocycles. The standard InChI is InChI=1S/C13H11F3N2O2S/c14-13(15,16)12-17-10-8(11(19)20)2-1-3-9(10)18(12)7-4-5-21-6-7/h1-3,7H,4-6H2,(H,19,20). The lowest BCUT2D eigenvalue weighted by Gasteiger charge is -2.17. The summed E-state index contributed by atoms with van der Waals surface area (Å²) in [5.41, 5.74) is -0.0775. The lowest BCUT2D eigenvalue weighted by Crippen LogP contribution is -2.19. The quantitative estimate of drug-likeness (QED) is 0.922. The fraction of sp³-hybridized carbons (Fsp3) is 0.385. The first kappa shape index (κ1) is 14.2. The van der Waals surface area contributed by atoms with Crippen LogP contribution in [0.15, 0.2) is 18.2 Å². The highest BCUT2D eigenvalue weighted by Crippen LogP contribution is 2.38. The van der Waals surface area contributed by atoms with Gasteiger partial charge in [0.05, 0.1) is 11.1 Å². The van der Waals surface area contributed by atoms with E-state index < -0.39 is 18.0 Å². The first-order chi connectivity index (χ1) is 9.89. The van der Waals surface area contributed by atoms with Crippen molar-refractivity contribution in [3.63, 3.8) is 0 Å². The number of aromatic nitrogens is 2. The number of imidazole rings is 1. The van der Waals surface area contributed by atoms with Gasteiger partial charge in [0.25, 0.3) is 0 Å². The predicted octanol–water partition coefficient (Wildman–Crippen LogP) is 3.43. The van der Waals surface area contributed by atoms with E-state index in [0.29, 0.717) is 12.2 Å². The molecule has 21 heavy (non-hydrogen) atoms. The minimum Gasteiger partial charge on any atom is -0.478 e. The van der Waals surface area contributed by atoms with Crippen molar-refractivity contribution in [2.24, 2.45) is 0 Å². The number of thioether (sulfide) groups is 1. The molecular formula is C13H11F3N2O2S. The lowest BCUT2D eigenvalue weighted by atomic mass is 10.1. The van der Waals surface area contributed by atoms with Gasteiger partial charge >= 0.3 is 12.1 Å². The van der Waals surface area contributed by atoms with Crippen molar-refractivity contribution >= 4 is 28.8 Å². The van der Waals surface area contributed by atoms with Crippen molar-refractivity contribution in [2.45, 2.75) is 18.6 Å². The second kappa shape index (κ2) is 4.94. The molecule has 1 aromatic heterocycles. The molecule has 112 valence electrons. The summed E-state index contributed by atoms with van der Waals surface area (Å²) in [5.74, 6) is -0.926. The zero-order valence-electron chi connectivity index (χ0n) is 10.7. The Bertz CT molecular complexity index is 705. The molecule has 0 bridgehead atoms. The molecule has 0 amide bonds. The van der Waals surface area contributed by atoms with Crippen LogP contribution in [-0.2, 0) is 6.18 Å². The predicted molar refractivity (Wildman–Crippen MR) is 72.7 cm³/mol. The summed E-state index contributed by atoms with van der Waals surface area (Å²) in [7, 11) is 0. The third-order valence-electron chi connectivity index (χ3n) is 3.47. The average Bonchev–Trinajstić information content (AvgIpc) is 3.03. The molecule has 0 spiro atoms. The molecule has 4 nitrogen and oxygen atoms in total. The van der Waals surface area contributed by atoms with Gasteiger partial charge in [-0.15, -0.1) is 0 Å². The molecule has 3 rings (SSSR count). The number of carbonyl (C=O) groups is 1. The Hall–Kier alpha value is -1.70. The first-order valence-corrected chi connectivity index (χ1v) is 7.44. The zero-order chi connectivity index (χ0) is 15.2. The van der Waals surface area contributed by atoms with Gasteiger partial charge < -0.3 is 9.67 Å². The van der Waals surface area contributed by atoms with Crippen molar-refractivity contribution in [3.05, 3.63) is 29.6 Å². The van der Waals surface area contributed by atoms with Crippen LogP contribution in [0.3, 0.4) is 0 Å². The molecule has 1 fully saturated rings. The number of rotatable bonds is 2. The highest BCUT2D eigenvalue weighted by Gasteiger charge is 2.40. The van der Waals surface area contributed by atoms with Gasteiger partial charge in [-0.1, -0.05) is 6.07 Å². The molecule has 2 heterocycles. The molecule has 1 aliphatic rings. The SMILES string of the molecule is O=C(O)c1cccc2c1nc(C(F)(F)F)n2C1CCSC1. The molecule has 1 saturated heterocycles. The Morgan fingerprint density at radius 1 is 1.43 bits per heavy atom. The summed E-state index contributed by atoms with van der Waals surface area (Å²) in [6.07, 6.45) is -3.99. The molecule has 1 unspecified atom stereocenters. The molecular weight excluding hydrogens is 305 g/mol. The summed E-state index contributed by atoms with van der Waals surface area (Å²) in [6.45, 7) is 0. The number of aromatic carboxylic acids is 1. The number of alkyl halides is 3. The Morgan fingerprint density at radius 2 is 2.19 bits per heavy atom. The smallest absolute Gasteiger partial charge is 0.449 e. The van der Waals surface area contributed by atoms with Crippen molar-refractivity contribution in [2.75, 3.05) is 11.5 Å². The molecule has 1 aliphatic heterocycles. The van der Waals surface area contributed by atoms with E-state index in [1.165, 1.54) is 18.2 Å². The number of benzene rings is 1. The van der Waals surface area contributed by atoms with E-state index in [4.69, 9.17) is 5.11 Å². The fourth-order valence-corrected chi connectivity index (χ4v) is 3.78. The maximum absolute atomic E-state index is 13.2. The second-order valence-electron chi connectivity index (χ2n) is 4.80. The van der Waals surface area contributed by atoms with Crippen molar-refractivity contribution in [1.82, 2.24) is 9.55 Å². The maximum Gasteiger partial charge on any atom is 0.449 e. The zero-order valence-corrected chi connectivity index (χ0v) is 11.5. The normalized spacial score (nSPS) is 19.3. The number of nitrogens with zero attached hydrogens (tertiary/aromatic N) is 2. The van der Waals surface area contributed by atoms with Crippen LogP contribution in [0.25, 0.3) is 11.0 Å². The Balaban J connectivity index is 2.31. The number of para-hydroxylation sites is 1. The number of fused-ring (bicyclic) bond motifs is 1. The van der Waals surface area contributed by atoms with Crippen molar-refractivity contribution in [1.29, 1.82) is 0 Å². The summed E-state index contributed by atoms with van der Waals surface area (Å²) >= 11 is 1.59. The first-order valence-electron chi connectivity index (χ1n) is 6.29. The fourth-order valence-electron chi connectivity index (χ4n) is 2.58. The van der Waals surface area contributed by atoms with Gasteiger partial charge in [-0.05, 0) is 24.3 Å². The Kier molecular flexibility index (Phi) is 3.35. The van der Waals surface area contributed by atoms with Crippen LogP contribution in [-0.4, -0.2) is 32.1 Å². The van der Waals surface area contributed by atoms with Crippen LogP contribution >= 0.6 is 11.8 Å². The van der Waals surface area contributed by atoms with Gasteiger partial charge in [0.2, 0.25) is 5.82 Å². The molecule has 1 aromatic carbocycles. The molecule has 2 aromatic rings. The van der Waals surface area contributed by atoms with E-state index in [1.807, 2.05) is 0 Å². The van der Waals surface area contributed by atoms with Crippen LogP contribution in [0.1, 0.15) is 28.6 Å². The number of hydrogen-bond acceptors (Lipinski definition) is 3. The minimum absolute atomic E-state index is 0.103. The summed E-state index contributed by atoms with van der Waals surface area (Å²) in [5, 5.41) is 9.12. The van der Waals surface area contributed by atoms with Gasteiger partial charge in [-0.3, -0.25) is 0 Å². The number of carboxylic acids is 1. The van der Waals surface area contributed by atoms with E-state index in [0.717, 1.165) is 10.3 Å². The molecule has 8 heteroatoms. The third kappa shape index (κ3) is 2.37. The van der Waals surface area contributed by atoms with Crippen LogP contribution in [0.2, 0.25) is 0 Å². The van der Waals surface area contributed by atoms with E-state index in [2.05, 4.69) is 4.98 Å². The van der Waals surface area contributed by atoms with Gasteiger partial charge in [-0.25, -0.2) is 9.78 Å². The lowest BCUT2D eigenvalue weighted by molar-refractivity contribution is -0.147.